The summed E-state index contributed by atoms with van der Waals surface area (Å²) >= 11 is 1.71. The van der Waals surface area contributed by atoms with Crippen LogP contribution in [0.15, 0.2) is 6.07 Å². The van der Waals surface area contributed by atoms with Gasteiger partial charge in [-0.2, -0.15) is 0 Å². The van der Waals surface area contributed by atoms with Crippen LogP contribution in [0.25, 0.3) is 0 Å². The van der Waals surface area contributed by atoms with E-state index in [1.54, 1.807) is 11.3 Å². The highest BCUT2D eigenvalue weighted by Crippen LogP contribution is 2.29. The first-order chi connectivity index (χ1) is 9.33. The second kappa shape index (κ2) is 6.06. The van der Waals surface area contributed by atoms with Gasteiger partial charge in [-0.1, -0.05) is 0 Å². The van der Waals surface area contributed by atoms with Gasteiger partial charge < -0.3 is 10.6 Å². The Hall–Kier alpha value is -0.870. The molecule has 1 atom stereocenters. The molecule has 1 saturated heterocycles. The molecule has 0 bridgehead atoms. The van der Waals surface area contributed by atoms with Crippen LogP contribution in [0.2, 0.25) is 0 Å². The quantitative estimate of drug-likeness (QED) is 0.872. The monoisotopic (exact) mass is 278 g/mol. The highest BCUT2D eigenvalue weighted by Gasteiger charge is 2.20. The minimum atomic E-state index is 0.145. The third-order valence-corrected chi connectivity index (χ3v) is 5.37. The van der Waals surface area contributed by atoms with Crippen molar-refractivity contribution in [3.05, 3.63) is 21.4 Å². The van der Waals surface area contributed by atoms with Crippen LogP contribution >= 0.6 is 11.3 Å². The van der Waals surface area contributed by atoms with E-state index in [-0.39, 0.29) is 5.91 Å². The summed E-state index contributed by atoms with van der Waals surface area (Å²) in [5.74, 6) is 0.145. The van der Waals surface area contributed by atoms with Crippen LogP contribution in [-0.4, -0.2) is 25.0 Å². The lowest BCUT2D eigenvalue weighted by Crippen LogP contribution is -2.34. The van der Waals surface area contributed by atoms with Gasteiger partial charge in [0.25, 0.3) is 5.91 Å². The highest BCUT2D eigenvalue weighted by molar-refractivity contribution is 7.14. The van der Waals surface area contributed by atoms with Gasteiger partial charge >= 0.3 is 0 Å². The van der Waals surface area contributed by atoms with E-state index in [4.69, 9.17) is 0 Å². The van der Waals surface area contributed by atoms with Gasteiger partial charge in [0.1, 0.15) is 0 Å². The van der Waals surface area contributed by atoms with Gasteiger partial charge in [-0.15, -0.1) is 11.3 Å². The normalized spacial score (nSPS) is 23.5. The number of hydrogen-bond donors (Lipinski definition) is 2. The maximum absolute atomic E-state index is 12.3. The Morgan fingerprint density at radius 3 is 3.00 bits per heavy atom. The summed E-state index contributed by atoms with van der Waals surface area (Å²) in [6.07, 6.45) is 8.20. The number of carbonyl (C=O) groups is 1. The van der Waals surface area contributed by atoms with E-state index in [0.717, 1.165) is 43.6 Å². The molecule has 2 heterocycles. The average Bonchev–Trinajstić information content (AvgIpc) is 2.70. The van der Waals surface area contributed by atoms with E-state index < -0.39 is 0 Å². The molecule has 1 aliphatic heterocycles. The van der Waals surface area contributed by atoms with Gasteiger partial charge in [0, 0.05) is 10.9 Å². The molecule has 2 aliphatic rings. The van der Waals surface area contributed by atoms with E-state index in [1.807, 2.05) is 0 Å². The van der Waals surface area contributed by atoms with Crippen molar-refractivity contribution < 1.29 is 4.79 Å². The van der Waals surface area contributed by atoms with Crippen molar-refractivity contribution in [3.8, 4) is 0 Å². The maximum atomic E-state index is 12.3. The second-order valence-corrected chi connectivity index (χ2v) is 6.75. The van der Waals surface area contributed by atoms with Crippen LogP contribution < -0.4 is 10.6 Å². The van der Waals surface area contributed by atoms with Crippen molar-refractivity contribution >= 4 is 17.2 Å². The number of hydrogen-bond acceptors (Lipinski definition) is 3. The average molecular weight is 278 g/mol. The predicted molar refractivity (Wildman–Crippen MR) is 78.9 cm³/mol. The molecule has 1 fully saturated rings. The molecule has 1 unspecified atom stereocenters. The third-order valence-electron chi connectivity index (χ3n) is 4.13. The Balaban J connectivity index is 1.64. The number of aryl methyl sites for hydroxylation is 2. The Kier molecular flexibility index (Phi) is 4.18. The fourth-order valence-corrected chi connectivity index (χ4v) is 4.18. The smallest absolute Gasteiger partial charge is 0.261 e. The molecule has 4 heteroatoms. The summed E-state index contributed by atoms with van der Waals surface area (Å²) in [5.41, 5.74) is 1.42. The molecule has 104 valence electrons. The minimum Gasteiger partial charge on any atom is -0.349 e. The zero-order valence-corrected chi connectivity index (χ0v) is 12.2. The third kappa shape index (κ3) is 3.18. The zero-order chi connectivity index (χ0) is 13.1. The topological polar surface area (TPSA) is 41.1 Å². The van der Waals surface area contributed by atoms with Crippen molar-refractivity contribution in [3.63, 3.8) is 0 Å². The standard InChI is InChI=1S/C15H22N2OS/c18-15(17-12-5-3-8-16-9-7-12)14-10-11-4-1-2-6-13(11)19-14/h10,12,16H,1-9H2,(H,17,18). The fraction of sp³-hybridized carbons (Fsp3) is 0.667. The summed E-state index contributed by atoms with van der Waals surface area (Å²) in [7, 11) is 0. The zero-order valence-electron chi connectivity index (χ0n) is 11.3. The molecule has 1 amide bonds. The minimum absolute atomic E-state index is 0.145. The van der Waals surface area contributed by atoms with Gasteiger partial charge in [-0.25, -0.2) is 0 Å². The maximum Gasteiger partial charge on any atom is 0.261 e. The van der Waals surface area contributed by atoms with Crippen molar-refractivity contribution in [1.29, 1.82) is 0 Å². The lowest BCUT2D eigenvalue weighted by Gasteiger charge is -2.15. The second-order valence-electron chi connectivity index (χ2n) is 5.62. The molecule has 0 aromatic carbocycles. The fourth-order valence-electron chi connectivity index (χ4n) is 3.02. The number of rotatable bonds is 2. The van der Waals surface area contributed by atoms with Crippen LogP contribution in [0.1, 0.15) is 52.2 Å². The molecular formula is C15H22N2OS. The Bertz CT molecular complexity index is 423. The molecule has 1 aliphatic carbocycles. The molecule has 1 aromatic rings. The SMILES string of the molecule is O=C(NC1CCCNCC1)c1cc2c(s1)CCCC2. The summed E-state index contributed by atoms with van der Waals surface area (Å²) in [5, 5.41) is 6.60. The summed E-state index contributed by atoms with van der Waals surface area (Å²) in [4.78, 5) is 14.7. The molecule has 1 aromatic heterocycles. The van der Waals surface area contributed by atoms with Crippen molar-refractivity contribution in [2.24, 2.45) is 0 Å². The summed E-state index contributed by atoms with van der Waals surface area (Å²) < 4.78 is 0. The van der Waals surface area contributed by atoms with E-state index in [0.29, 0.717) is 6.04 Å². The molecule has 3 nitrogen and oxygen atoms in total. The summed E-state index contributed by atoms with van der Waals surface area (Å²) in [6, 6.07) is 2.48. The molecule has 19 heavy (non-hydrogen) atoms. The largest absolute Gasteiger partial charge is 0.349 e. The molecular weight excluding hydrogens is 256 g/mol. The van der Waals surface area contributed by atoms with Crippen LogP contribution in [0.3, 0.4) is 0 Å². The molecule has 2 N–H and O–H groups in total. The number of carbonyl (C=O) groups excluding carboxylic acids is 1. The van der Waals surface area contributed by atoms with E-state index in [9.17, 15) is 4.79 Å². The molecule has 0 radical (unpaired) electrons. The van der Waals surface area contributed by atoms with Crippen molar-refractivity contribution in [2.45, 2.75) is 51.0 Å². The lowest BCUT2D eigenvalue weighted by molar-refractivity contribution is 0.0938. The van der Waals surface area contributed by atoms with E-state index in [1.165, 1.54) is 29.7 Å². The van der Waals surface area contributed by atoms with Crippen LogP contribution in [0.4, 0.5) is 0 Å². The summed E-state index contributed by atoms with van der Waals surface area (Å²) in [6.45, 7) is 2.10. The lowest BCUT2D eigenvalue weighted by atomic mass is 9.99. The van der Waals surface area contributed by atoms with E-state index in [2.05, 4.69) is 16.7 Å². The van der Waals surface area contributed by atoms with Crippen molar-refractivity contribution in [1.82, 2.24) is 10.6 Å². The van der Waals surface area contributed by atoms with Crippen LogP contribution in [0, 0.1) is 0 Å². The molecule has 0 saturated carbocycles. The van der Waals surface area contributed by atoms with Gasteiger partial charge in [0.2, 0.25) is 0 Å². The number of amides is 1. The van der Waals surface area contributed by atoms with Gasteiger partial charge in [0.05, 0.1) is 4.88 Å². The first-order valence-electron chi connectivity index (χ1n) is 7.46. The first-order valence-corrected chi connectivity index (χ1v) is 8.28. The number of nitrogens with one attached hydrogen (secondary N) is 2. The number of fused-ring (bicyclic) bond motifs is 1. The van der Waals surface area contributed by atoms with Gasteiger partial charge in [-0.3, -0.25) is 4.79 Å². The Labute approximate surface area is 118 Å². The first kappa shape index (κ1) is 13.1. The van der Waals surface area contributed by atoms with Crippen LogP contribution in [0.5, 0.6) is 0 Å². The van der Waals surface area contributed by atoms with E-state index >= 15 is 0 Å². The Morgan fingerprint density at radius 1 is 1.21 bits per heavy atom. The Morgan fingerprint density at radius 2 is 2.11 bits per heavy atom. The highest BCUT2D eigenvalue weighted by atomic mass is 32.1. The van der Waals surface area contributed by atoms with Gasteiger partial charge in [0.15, 0.2) is 0 Å². The van der Waals surface area contributed by atoms with Gasteiger partial charge in [-0.05, 0) is 69.7 Å². The predicted octanol–water partition coefficient (Wildman–Crippen LogP) is 2.50. The molecule has 0 spiro atoms. The van der Waals surface area contributed by atoms with Crippen molar-refractivity contribution in [2.75, 3.05) is 13.1 Å². The number of thiophene rings is 1. The molecule has 3 rings (SSSR count). The van der Waals surface area contributed by atoms with Crippen LogP contribution in [-0.2, 0) is 12.8 Å².